The number of fused-ring (bicyclic) bond motifs is 16. The van der Waals surface area contributed by atoms with E-state index in [1.807, 2.05) is 163 Å². The molecule has 8 nitrogen and oxygen atoms in total. The Morgan fingerprint density at radius 2 is 0.464 bits per heavy atom. The molecule has 0 saturated heterocycles. The fourth-order valence-corrected chi connectivity index (χ4v) is 25.1. The number of nitrogens with one attached hydrogen (secondary N) is 4. The molecule has 22 aromatic rings. The number of rotatable bonds is 12. The average molecular weight is 1560 g/mol. The van der Waals surface area contributed by atoms with Crippen LogP contribution in [0, 0.1) is 41.5 Å². The molecule has 0 fully saturated rings. The van der Waals surface area contributed by atoms with Gasteiger partial charge in [-0.25, -0.2) is 0 Å². The van der Waals surface area contributed by atoms with Crippen molar-refractivity contribution in [2.24, 2.45) is 20.4 Å². The highest BCUT2D eigenvalue weighted by Gasteiger charge is 2.27. The molecule has 0 aliphatic carbocycles. The molecule has 14 aromatic carbocycles. The number of nitrogens with zero attached hydrogens (tertiary/aromatic N) is 4. The van der Waals surface area contributed by atoms with Crippen molar-refractivity contribution in [3.05, 3.63) is 310 Å². The van der Waals surface area contributed by atoms with Crippen molar-refractivity contribution in [3.63, 3.8) is 0 Å². The van der Waals surface area contributed by atoms with Crippen LogP contribution in [0.25, 0.3) is 163 Å². The van der Waals surface area contributed by atoms with Crippen LogP contribution in [-0.2, 0) is 0 Å². The van der Waals surface area contributed by atoms with Gasteiger partial charge in [0.2, 0.25) is 0 Å². The lowest BCUT2D eigenvalue weighted by molar-refractivity contribution is 1.25. The molecule has 4 N–H and O–H groups in total. The maximum atomic E-state index is 5.24. The highest BCUT2D eigenvalue weighted by Crippen LogP contribution is 2.50. The summed E-state index contributed by atoms with van der Waals surface area (Å²) in [7, 11) is 0. The van der Waals surface area contributed by atoms with E-state index >= 15 is 0 Å². The third-order valence-electron chi connectivity index (χ3n) is 21.0. The van der Waals surface area contributed by atoms with E-state index in [-0.39, 0.29) is 0 Å². The van der Waals surface area contributed by atoms with Crippen LogP contribution in [0.1, 0.15) is 33.4 Å². The number of thiophene rings is 8. The van der Waals surface area contributed by atoms with Crippen LogP contribution in [0.3, 0.4) is 0 Å². The Balaban J connectivity index is 0.000000140. The molecule has 0 aliphatic heterocycles. The largest absolute Gasteiger partial charge is 0.278 e. The Morgan fingerprint density at radius 1 is 0.209 bits per heavy atom. The highest BCUT2D eigenvalue weighted by molar-refractivity contribution is 7.31. The van der Waals surface area contributed by atoms with E-state index < -0.39 is 0 Å². The minimum absolute atomic E-state index is 0.960. The number of para-hydroxylation sites is 4. The number of hydrogen-bond acceptors (Lipinski definition) is 16. The summed E-state index contributed by atoms with van der Waals surface area (Å²) in [6, 6.07) is 91.4. The van der Waals surface area contributed by atoms with E-state index in [4.69, 9.17) is 20.4 Å². The van der Waals surface area contributed by atoms with Gasteiger partial charge in [-0.1, -0.05) is 144 Å². The Hall–Kier alpha value is -11.3. The maximum Gasteiger partial charge on any atom is 0.100 e. The second-order valence-electron chi connectivity index (χ2n) is 28.5. The maximum absolute atomic E-state index is 5.24. The molecule has 0 amide bonds. The first-order chi connectivity index (χ1) is 53.9. The van der Waals surface area contributed by atoms with Crippen LogP contribution in [0.5, 0.6) is 0 Å². The smallest absolute Gasteiger partial charge is 0.100 e. The molecule has 0 spiro atoms. The van der Waals surface area contributed by atoms with Gasteiger partial charge in [0, 0.05) is 141 Å². The van der Waals surface area contributed by atoms with Crippen molar-refractivity contribution >= 4 is 237 Å². The molecule has 0 aliphatic rings. The van der Waals surface area contributed by atoms with Gasteiger partial charge in [0.05, 0.1) is 33.5 Å². The Bertz CT molecular complexity index is 7270. The first-order valence-corrected chi connectivity index (χ1v) is 43.0. The lowest BCUT2D eigenvalue weighted by Gasteiger charge is -2.08. The van der Waals surface area contributed by atoms with E-state index in [2.05, 4.69) is 245 Å². The number of benzene rings is 10. The van der Waals surface area contributed by atoms with Crippen molar-refractivity contribution in [1.82, 2.24) is 0 Å². The molecule has 0 saturated carbocycles. The van der Waals surface area contributed by atoms with Crippen molar-refractivity contribution < 1.29 is 0 Å². The van der Waals surface area contributed by atoms with E-state index in [0.717, 1.165) is 55.0 Å². The van der Waals surface area contributed by atoms with Crippen LogP contribution in [0.15, 0.2) is 275 Å². The monoisotopic (exact) mass is 1560 g/mol. The molecule has 528 valence electrons. The van der Waals surface area contributed by atoms with Gasteiger partial charge in [0.25, 0.3) is 0 Å². The van der Waals surface area contributed by atoms with E-state index in [9.17, 15) is 0 Å². The molecule has 8 aromatic heterocycles. The van der Waals surface area contributed by atoms with Crippen molar-refractivity contribution in [1.29, 1.82) is 0 Å². The zero-order valence-corrected chi connectivity index (χ0v) is 66.8. The fraction of sp³-hybridized carbons (Fsp3) is 0.0638. The predicted octanol–water partition coefficient (Wildman–Crippen LogP) is 27.7. The third kappa shape index (κ3) is 11.6. The normalized spacial score (nSPS) is 12.9. The van der Waals surface area contributed by atoms with Crippen LogP contribution >= 0.6 is 90.7 Å². The van der Waals surface area contributed by atoms with E-state index in [1.165, 1.54) is 185 Å². The van der Waals surface area contributed by atoms with Gasteiger partial charge in [-0.2, -0.15) is 20.4 Å². The van der Waals surface area contributed by atoms with E-state index in [0.29, 0.717) is 0 Å². The minimum atomic E-state index is 0.960. The van der Waals surface area contributed by atoms with Crippen LogP contribution in [0.4, 0.5) is 22.7 Å². The van der Waals surface area contributed by atoms with Gasteiger partial charge in [-0.05, 0) is 208 Å². The summed E-state index contributed by atoms with van der Waals surface area (Å²) in [6.45, 7) is 13.2. The first-order valence-electron chi connectivity index (χ1n) is 36.4. The topological polar surface area (TPSA) is 97.6 Å². The summed E-state index contributed by atoms with van der Waals surface area (Å²) in [5.41, 5.74) is 25.1. The summed E-state index contributed by atoms with van der Waals surface area (Å²) < 4.78 is 10.3. The van der Waals surface area contributed by atoms with Gasteiger partial charge in [0.1, 0.15) is 10.7 Å². The van der Waals surface area contributed by atoms with Gasteiger partial charge < -0.3 is 0 Å². The third-order valence-corrected chi connectivity index (χ3v) is 30.9. The van der Waals surface area contributed by atoms with Crippen LogP contribution in [-0.4, -0.2) is 0 Å². The van der Waals surface area contributed by atoms with Crippen molar-refractivity contribution in [2.45, 2.75) is 41.5 Å². The second-order valence-corrected chi connectivity index (χ2v) is 37.0. The summed E-state index contributed by atoms with van der Waals surface area (Å²) >= 11 is 14.9. The fourth-order valence-electron chi connectivity index (χ4n) is 15.8. The lowest BCUT2D eigenvalue weighted by atomic mass is 9.98. The minimum Gasteiger partial charge on any atom is -0.278 e. The molecule has 0 atom stereocenters. The zero-order valence-electron chi connectivity index (χ0n) is 60.3. The molecule has 8 heterocycles. The Labute approximate surface area is 663 Å². The molecule has 0 bridgehead atoms. The molecule has 22 rings (SSSR count). The summed E-state index contributed by atoms with van der Waals surface area (Å²) in [6.07, 6.45) is 0. The predicted molar refractivity (Wildman–Crippen MR) is 483 cm³/mol. The van der Waals surface area contributed by atoms with Gasteiger partial charge >= 0.3 is 0 Å². The van der Waals surface area contributed by atoms with Crippen molar-refractivity contribution in [2.75, 3.05) is 21.7 Å². The zero-order chi connectivity index (χ0) is 73.6. The summed E-state index contributed by atoms with van der Waals surface area (Å²) in [5.74, 6) is 0. The Morgan fingerprint density at radius 3 is 0.755 bits per heavy atom. The standard InChI is InChI=1S/C48H34N4S4.C46H30N4S4/c1-25-15-17-35-29(19-25)21-37(53-35)39-23-33-45(51-49-31-11-7-5-8-12-31)41-28(4)44-42(27(3)43(41)47(33)55-39)46(52-50-32-13-9-6-10-14-32)34-24-40(56-48(34)44)38-22-30-20-26(2)16-18-36(30)54-38;1-25-13-15-37-27(17-25)19-39(51-37)41-23-35-43(49-47-29-9-5-3-6-10-29)31-22-34-32(21-33(31)45(35)53-41)44(50-48-30-11-7-4-8-12-30)36-24-42(54-46(34)36)40-20-28-18-26(2)14-16-38(28)52-40/h5-24,49-50H,1-4H3;3-24,47-48H,1-2H3/b51-45+,52-46+;49-43-,50-44-. The van der Waals surface area contributed by atoms with Gasteiger partial charge in [-0.3, -0.25) is 21.7 Å². The van der Waals surface area contributed by atoms with Crippen LogP contribution in [0.2, 0.25) is 0 Å². The SMILES string of the molecule is Cc1ccc2sc(-c3cc4/c(=N\Nc5ccccc5)c5c(C)c6c(c(C)c5c4s3)/c(=N/Nc3ccccc3)c3cc(-c4cc5cc(C)ccc5s4)sc36)cc2c1.Cc1ccc2sc(-c3cc4/c(=N\Nc5ccccc5)c5cc6c(cc5c4s3)/c(=N/Nc3ccccc3)c3cc(-c4cc5cc(C)ccc5s4)sc36)cc2c1. The highest BCUT2D eigenvalue weighted by atomic mass is 32.1. The first kappa shape index (κ1) is 66.9. The summed E-state index contributed by atoms with van der Waals surface area (Å²) in [4.78, 5) is 10.2. The molecule has 0 unspecified atom stereocenters. The molecule has 16 heteroatoms. The molecular weight excluding hydrogens is 1500 g/mol. The quantitative estimate of drug-likeness (QED) is 0.0916. The van der Waals surface area contributed by atoms with Gasteiger partial charge in [-0.15, -0.1) is 90.7 Å². The molecular formula is C94H64N8S8. The average Bonchev–Trinajstić information content (AvgIpc) is 1.53. The summed E-state index contributed by atoms with van der Waals surface area (Å²) in [5, 5.41) is 44.2. The van der Waals surface area contributed by atoms with Crippen molar-refractivity contribution in [3.8, 4) is 39.0 Å². The Kier molecular flexibility index (Phi) is 16.3. The number of hydrogen-bond donors (Lipinski definition) is 4. The van der Waals surface area contributed by atoms with Gasteiger partial charge in [0.15, 0.2) is 0 Å². The number of aryl methyl sites for hydroxylation is 6. The number of anilines is 4. The van der Waals surface area contributed by atoms with Crippen LogP contribution < -0.4 is 43.1 Å². The second kappa shape index (κ2) is 26.8. The molecule has 0 radical (unpaired) electrons. The molecule has 110 heavy (non-hydrogen) atoms. The lowest BCUT2D eigenvalue weighted by Crippen LogP contribution is -2.07. The van der Waals surface area contributed by atoms with E-state index in [1.54, 1.807) is 0 Å².